The normalized spacial score (nSPS) is 13.2. The molecule has 0 aliphatic heterocycles. The second kappa shape index (κ2) is 7.11. The zero-order chi connectivity index (χ0) is 18.8. The zero-order valence-corrected chi connectivity index (χ0v) is 15.0. The van der Waals surface area contributed by atoms with Crippen LogP contribution in [0.1, 0.15) is 23.2 Å². The molecule has 2 N–H and O–H groups in total. The van der Waals surface area contributed by atoms with Crippen LogP contribution in [-0.4, -0.2) is 18.9 Å². The highest BCUT2D eigenvalue weighted by molar-refractivity contribution is 6.13. The van der Waals surface area contributed by atoms with E-state index in [9.17, 15) is 9.59 Å². The number of amides is 2. The molecule has 4 rings (SSSR count). The summed E-state index contributed by atoms with van der Waals surface area (Å²) < 4.78 is 5.14. The number of anilines is 2. The number of hydrogen-bond donors (Lipinski definition) is 2. The van der Waals surface area contributed by atoms with Gasteiger partial charge in [0.05, 0.1) is 18.4 Å². The monoisotopic (exact) mass is 360 g/mol. The largest absolute Gasteiger partial charge is 0.497 e. The molecule has 1 aliphatic carbocycles. The lowest BCUT2D eigenvalue weighted by molar-refractivity contribution is -0.117. The van der Waals surface area contributed by atoms with Gasteiger partial charge < -0.3 is 15.4 Å². The molecular formula is C22H20N2O3. The van der Waals surface area contributed by atoms with Crippen LogP contribution in [0.3, 0.4) is 0 Å². The molecule has 2 amide bonds. The highest BCUT2D eigenvalue weighted by Gasteiger charge is 2.30. The van der Waals surface area contributed by atoms with Crippen molar-refractivity contribution in [3.8, 4) is 5.75 Å². The number of hydrogen-bond acceptors (Lipinski definition) is 3. The fraction of sp³-hybridized carbons (Fsp3) is 0.182. The molecule has 0 bridgehead atoms. The maximum absolute atomic E-state index is 12.9. The van der Waals surface area contributed by atoms with Crippen molar-refractivity contribution in [1.29, 1.82) is 0 Å². The van der Waals surface area contributed by atoms with Gasteiger partial charge >= 0.3 is 0 Å². The van der Waals surface area contributed by atoms with Crippen LogP contribution in [0.4, 0.5) is 11.4 Å². The summed E-state index contributed by atoms with van der Waals surface area (Å²) in [6, 6.07) is 18.6. The minimum absolute atomic E-state index is 0.0243. The number of benzene rings is 3. The van der Waals surface area contributed by atoms with Crippen molar-refractivity contribution < 1.29 is 14.3 Å². The maximum atomic E-state index is 12.9. The highest BCUT2D eigenvalue weighted by Crippen LogP contribution is 2.32. The SMILES string of the molecule is COc1ccc(NC(=O)c2cc3ccccc3cc2NC(=O)C2CC2)cc1. The van der Waals surface area contributed by atoms with Gasteiger partial charge in [-0.25, -0.2) is 0 Å². The lowest BCUT2D eigenvalue weighted by Gasteiger charge is -2.13. The van der Waals surface area contributed by atoms with Crippen molar-refractivity contribution in [3.05, 3.63) is 66.2 Å². The average Bonchev–Trinajstić information content (AvgIpc) is 3.53. The first kappa shape index (κ1) is 17.1. The topological polar surface area (TPSA) is 67.4 Å². The van der Waals surface area contributed by atoms with E-state index in [1.165, 1.54) is 0 Å². The third kappa shape index (κ3) is 3.77. The van der Waals surface area contributed by atoms with Gasteiger partial charge in [-0.15, -0.1) is 0 Å². The van der Waals surface area contributed by atoms with E-state index in [2.05, 4.69) is 10.6 Å². The summed E-state index contributed by atoms with van der Waals surface area (Å²) in [4.78, 5) is 25.2. The van der Waals surface area contributed by atoms with Crippen molar-refractivity contribution in [2.75, 3.05) is 17.7 Å². The minimum Gasteiger partial charge on any atom is -0.497 e. The minimum atomic E-state index is -0.267. The van der Waals surface area contributed by atoms with E-state index in [0.717, 1.165) is 29.4 Å². The van der Waals surface area contributed by atoms with Crippen LogP contribution < -0.4 is 15.4 Å². The van der Waals surface area contributed by atoms with E-state index >= 15 is 0 Å². The van der Waals surface area contributed by atoms with Crippen molar-refractivity contribution >= 4 is 34.0 Å². The second-order valence-corrected chi connectivity index (χ2v) is 6.69. The van der Waals surface area contributed by atoms with Crippen LogP contribution in [-0.2, 0) is 4.79 Å². The van der Waals surface area contributed by atoms with Crippen LogP contribution in [0.2, 0.25) is 0 Å². The summed E-state index contributed by atoms with van der Waals surface area (Å²) in [5.74, 6) is 0.492. The Morgan fingerprint density at radius 1 is 0.926 bits per heavy atom. The van der Waals surface area contributed by atoms with Gasteiger partial charge in [-0.05, 0) is 60.0 Å². The number of carbonyl (C=O) groups is 2. The first-order chi connectivity index (χ1) is 13.1. The molecule has 0 radical (unpaired) electrons. The third-order valence-corrected chi connectivity index (χ3v) is 4.68. The van der Waals surface area contributed by atoms with Crippen LogP contribution in [0, 0.1) is 5.92 Å². The maximum Gasteiger partial charge on any atom is 0.257 e. The summed E-state index contributed by atoms with van der Waals surface area (Å²) in [5, 5.41) is 7.74. The molecule has 0 unspecified atom stereocenters. The van der Waals surface area contributed by atoms with E-state index in [4.69, 9.17) is 4.74 Å². The second-order valence-electron chi connectivity index (χ2n) is 6.69. The van der Waals surface area contributed by atoms with Gasteiger partial charge in [0.25, 0.3) is 5.91 Å². The number of ether oxygens (including phenoxy) is 1. The molecule has 5 nitrogen and oxygen atoms in total. The van der Waals surface area contributed by atoms with Crippen LogP contribution >= 0.6 is 0 Å². The zero-order valence-electron chi connectivity index (χ0n) is 15.0. The predicted molar refractivity (Wildman–Crippen MR) is 106 cm³/mol. The Bertz CT molecular complexity index is 1010. The smallest absolute Gasteiger partial charge is 0.257 e. The molecule has 1 saturated carbocycles. The Morgan fingerprint density at radius 2 is 1.59 bits per heavy atom. The van der Waals surface area contributed by atoms with E-state index in [0.29, 0.717) is 16.9 Å². The molecule has 0 saturated heterocycles. The van der Waals surface area contributed by atoms with E-state index in [1.54, 1.807) is 31.4 Å². The summed E-state index contributed by atoms with van der Waals surface area (Å²) >= 11 is 0. The molecule has 3 aromatic carbocycles. The summed E-state index contributed by atoms with van der Waals surface area (Å²) in [5.41, 5.74) is 1.64. The molecule has 0 aromatic heterocycles. The van der Waals surface area contributed by atoms with Gasteiger partial charge in [-0.2, -0.15) is 0 Å². The molecule has 5 heteroatoms. The fourth-order valence-electron chi connectivity index (χ4n) is 2.98. The summed E-state index contributed by atoms with van der Waals surface area (Å²) in [7, 11) is 1.59. The fourth-order valence-corrected chi connectivity index (χ4v) is 2.98. The van der Waals surface area contributed by atoms with Gasteiger partial charge in [0, 0.05) is 11.6 Å². The van der Waals surface area contributed by atoms with Crippen molar-refractivity contribution in [2.45, 2.75) is 12.8 Å². The van der Waals surface area contributed by atoms with Crippen LogP contribution in [0.25, 0.3) is 10.8 Å². The molecule has 1 fully saturated rings. The lowest BCUT2D eigenvalue weighted by atomic mass is 10.0. The Labute approximate surface area is 157 Å². The van der Waals surface area contributed by atoms with Gasteiger partial charge in [-0.3, -0.25) is 9.59 Å². The summed E-state index contributed by atoms with van der Waals surface area (Å²) in [6.45, 7) is 0. The lowest BCUT2D eigenvalue weighted by Crippen LogP contribution is -2.19. The Hall–Kier alpha value is -3.34. The van der Waals surface area contributed by atoms with Gasteiger partial charge in [0.2, 0.25) is 5.91 Å². The van der Waals surface area contributed by atoms with E-state index in [1.807, 2.05) is 36.4 Å². The molecule has 3 aromatic rings. The van der Waals surface area contributed by atoms with Gasteiger partial charge in [0.15, 0.2) is 0 Å². The van der Waals surface area contributed by atoms with E-state index < -0.39 is 0 Å². The number of methoxy groups -OCH3 is 1. The number of rotatable bonds is 5. The van der Waals surface area contributed by atoms with Crippen LogP contribution in [0.15, 0.2) is 60.7 Å². The standard InChI is InChI=1S/C22H20N2O3/c1-27-18-10-8-17(9-11-18)23-22(26)19-12-15-4-2-3-5-16(15)13-20(19)24-21(25)14-6-7-14/h2-5,8-14H,6-7H2,1H3,(H,23,26)(H,24,25). The number of nitrogens with one attached hydrogen (secondary N) is 2. The first-order valence-electron chi connectivity index (χ1n) is 8.93. The van der Waals surface area contributed by atoms with Crippen molar-refractivity contribution in [1.82, 2.24) is 0 Å². The van der Waals surface area contributed by atoms with Gasteiger partial charge in [0.1, 0.15) is 5.75 Å². The first-order valence-corrected chi connectivity index (χ1v) is 8.93. The van der Waals surface area contributed by atoms with Crippen molar-refractivity contribution in [2.24, 2.45) is 5.92 Å². The van der Waals surface area contributed by atoms with E-state index in [-0.39, 0.29) is 17.7 Å². The Balaban J connectivity index is 1.66. The molecule has 0 atom stereocenters. The molecule has 0 spiro atoms. The number of carbonyl (C=O) groups excluding carboxylic acids is 2. The van der Waals surface area contributed by atoms with Crippen LogP contribution in [0.5, 0.6) is 5.75 Å². The quantitative estimate of drug-likeness (QED) is 0.706. The third-order valence-electron chi connectivity index (χ3n) is 4.68. The predicted octanol–water partition coefficient (Wildman–Crippen LogP) is 4.45. The average molecular weight is 360 g/mol. The molecule has 0 heterocycles. The van der Waals surface area contributed by atoms with Crippen molar-refractivity contribution in [3.63, 3.8) is 0 Å². The molecule has 1 aliphatic rings. The molecule has 27 heavy (non-hydrogen) atoms. The van der Waals surface area contributed by atoms with Gasteiger partial charge in [-0.1, -0.05) is 24.3 Å². The highest BCUT2D eigenvalue weighted by atomic mass is 16.5. The number of fused-ring (bicyclic) bond motifs is 1. The Kier molecular flexibility index (Phi) is 4.50. The molecular weight excluding hydrogens is 340 g/mol. The molecule has 136 valence electrons. The summed E-state index contributed by atoms with van der Waals surface area (Å²) in [6.07, 6.45) is 1.82. The Morgan fingerprint density at radius 3 is 2.22 bits per heavy atom.